The molecule has 0 unspecified atom stereocenters. The SMILES string of the molecule is CCS(=O)(=O)N1CCN(C(C)C)c2ccccc21. The molecule has 100 valence electrons. The molecule has 0 bridgehead atoms. The summed E-state index contributed by atoms with van der Waals surface area (Å²) in [6.45, 7) is 7.22. The van der Waals surface area contributed by atoms with E-state index in [0.717, 1.165) is 17.9 Å². The fourth-order valence-corrected chi connectivity index (χ4v) is 3.46. The third-order valence-corrected chi connectivity index (χ3v) is 5.11. The number of para-hydroxylation sites is 2. The van der Waals surface area contributed by atoms with Crippen LogP contribution in [-0.2, 0) is 10.0 Å². The van der Waals surface area contributed by atoms with Crippen LogP contribution in [0.15, 0.2) is 24.3 Å². The van der Waals surface area contributed by atoms with E-state index >= 15 is 0 Å². The van der Waals surface area contributed by atoms with E-state index in [9.17, 15) is 8.42 Å². The van der Waals surface area contributed by atoms with Gasteiger partial charge in [-0.25, -0.2) is 8.42 Å². The average molecular weight is 268 g/mol. The molecule has 0 radical (unpaired) electrons. The molecule has 5 heteroatoms. The van der Waals surface area contributed by atoms with E-state index in [4.69, 9.17) is 0 Å². The molecule has 18 heavy (non-hydrogen) atoms. The van der Waals surface area contributed by atoms with Crippen molar-refractivity contribution in [1.82, 2.24) is 0 Å². The lowest BCUT2D eigenvalue weighted by Gasteiger charge is -2.40. The maximum absolute atomic E-state index is 12.1. The Kier molecular flexibility index (Phi) is 3.52. The lowest BCUT2D eigenvalue weighted by molar-refractivity contribution is 0.586. The summed E-state index contributed by atoms with van der Waals surface area (Å²) in [6.07, 6.45) is 0. The molecule has 0 fully saturated rings. The molecular weight excluding hydrogens is 248 g/mol. The minimum Gasteiger partial charge on any atom is -0.366 e. The van der Waals surface area contributed by atoms with E-state index in [0.29, 0.717) is 12.6 Å². The number of sulfonamides is 1. The van der Waals surface area contributed by atoms with Gasteiger partial charge < -0.3 is 4.90 Å². The fourth-order valence-electron chi connectivity index (χ4n) is 2.34. The molecule has 0 saturated carbocycles. The van der Waals surface area contributed by atoms with Gasteiger partial charge in [0.1, 0.15) is 0 Å². The highest BCUT2D eigenvalue weighted by atomic mass is 32.2. The van der Waals surface area contributed by atoms with E-state index in [1.807, 2.05) is 24.3 Å². The fraction of sp³-hybridized carbons (Fsp3) is 0.538. The molecule has 0 spiro atoms. The van der Waals surface area contributed by atoms with Crippen molar-refractivity contribution in [2.75, 3.05) is 28.0 Å². The Hall–Kier alpha value is -1.23. The van der Waals surface area contributed by atoms with Crippen molar-refractivity contribution in [3.63, 3.8) is 0 Å². The Labute approximate surface area is 109 Å². The topological polar surface area (TPSA) is 40.6 Å². The zero-order valence-corrected chi connectivity index (χ0v) is 11.9. The Morgan fingerprint density at radius 1 is 1.17 bits per heavy atom. The predicted octanol–water partition coefficient (Wildman–Crippen LogP) is 2.07. The van der Waals surface area contributed by atoms with Crippen LogP contribution in [0.4, 0.5) is 11.4 Å². The van der Waals surface area contributed by atoms with Crippen molar-refractivity contribution in [3.05, 3.63) is 24.3 Å². The van der Waals surface area contributed by atoms with Crippen LogP contribution in [0.3, 0.4) is 0 Å². The molecule has 0 amide bonds. The van der Waals surface area contributed by atoms with Crippen molar-refractivity contribution in [2.45, 2.75) is 26.8 Å². The third-order valence-electron chi connectivity index (χ3n) is 3.33. The van der Waals surface area contributed by atoms with Gasteiger partial charge >= 0.3 is 0 Å². The van der Waals surface area contributed by atoms with E-state index < -0.39 is 10.0 Å². The third kappa shape index (κ3) is 2.19. The number of anilines is 2. The van der Waals surface area contributed by atoms with Crippen LogP contribution in [0.5, 0.6) is 0 Å². The molecule has 0 saturated heterocycles. The second kappa shape index (κ2) is 4.80. The second-order valence-electron chi connectivity index (χ2n) is 4.75. The first kappa shape index (κ1) is 13.2. The van der Waals surface area contributed by atoms with Crippen LogP contribution in [0, 0.1) is 0 Å². The van der Waals surface area contributed by atoms with Crippen molar-refractivity contribution in [1.29, 1.82) is 0 Å². The van der Waals surface area contributed by atoms with E-state index in [1.165, 1.54) is 0 Å². The van der Waals surface area contributed by atoms with Crippen LogP contribution >= 0.6 is 0 Å². The van der Waals surface area contributed by atoms with Crippen LogP contribution < -0.4 is 9.21 Å². The lowest BCUT2D eigenvalue weighted by atomic mass is 10.1. The summed E-state index contributed by atoms with van der Waals surface area (Å²) in [5.41, 5.74) is 1.81. The quantitative estimate of drug-likeness (QED) is 0.842. The molecular formula is C13H20N2O2S. The molecule has 1 aromatic rings. The van der Waals surface area contributed by atoms with Gasteiger partial charge in [-0.2, -0.15) is 0 Å². The van der Waals surface area contributed by atoms with Crippen LogP contribution in [0.1, 0.15) is 20.8 Å². The highest BCUT2D eigenvalue weighted by Gasteiger charge is 2.29. The normalized spacial score (nSPS) is 16.0. The zero-order valence-electron chi connectivity index (χ0n) is 11.1. The molecule has 0 aromatic heterocycles. The largest absolute Gasteiger partial charge is 0.366 e. The van der Waals surface area contributed by atoms with Crippen LogP contribution in [0.25, 0.3) is 0 Å². The summed E-state index contributed by atoms with van der Waals surface area (Å²) in [6, 6.07) is 8.10. The Bertz CT molecular complexity index is 526. The summed E-state index contributed by atoms with van der Waals surface area (Å²) in [5.74, 6) is 0.142. The monoisotopic (exact) mass is 268 g/mol. The molecule has 0 atom stereocenters. The van der Waals surface area contributed by atoms with E-state index in [-0.39, 0.29) is 5.75 Å². The van der Waals surface area contributed by atoms with Crippen molar-refractivity contribution < 1.29 is 8.42 Å². The zero-order chi connectivity index (χ0) is 13.3. The maximum atomic E-state index is 12.1. The van der Waals surface area contributed by atoms with Gasteiger partial charge in [0.2, 0.25) is 10.0 Å². The minimum absolute atomic E-state index is 0.142. The van der Waals surface area contributed by atoms with Gasteiger partial charge in [-0.05, 0) is 32.9 Å². The number of rotatable bonds is 3. The molecule has 1 aliphatic rings. The summed E-state index contributed by atoms with van der Waals surface area (Å²) < 4.78 is 25.7. The summed E-state index contributed by atoms with van der Waals surface area (Å²) in [5, 5.41) is 0. The van der Waals surface area contributed by atoms with Gasteiger partial charge in [0.05, 0.1) is 23.7 Å². The number of fused-ring (bicyclic) bond motifs is 1. The first-order valence-electron chi connectivity index (χ1n) is 6.33. The van der Waals surface area contributed by atoms with E-state index in [1.54, 1.807) is 11.2 Å². The molecule has 1 aromatic carbocycles. The van der Waals surface area contributed by atoms with Gasteiger partial charge in [-0.15, -0.1) is 0 Å². The first-order chi connectivity index (χ1) is 8.47. The van der Waals surface area contributed by atoms with Gasteiger partial charge in [-0.3, -0.25) is 4.31 Å². The standard InChI is InChI=1S/C13H20N2O2S/c1-4-18(16,17)15-10-9-14(11(2)3)12-7-5-6-8-13(12)15/h5-8,11H,4,9-10H2,1-3H3. The van der Waals surface area contributed by atoms with Gasteiger partial charge in [0, 0.05) is 12.6 Å². The molecule has 4 nitrogen and oxygen atoms in total. The molecule has 0 N–H and O–H groups in total. The van der Waals surface area contributed by atoms with Gasteiger partial charge in [-0.1, -0.05) is 12.1 Å². The Balaban J connectivity index is 2.49. The average Bonchev–Trinajstić information content (AvgIpc) is 2.37. The number of hydrogen-bond donors (Lipinski definition) is 0. The van der Waals surface area contributed by atoms with Gasteiger partial charge in [0.25, 0.3) is 0 Å². The smallest absolute Gasteiger partial charge is 0.235 e. The number of nitrogens with zero attached hydrogens (tertiary/aromatic N) is 2. The van der Waals surface area contributed by atoms with Gasteiger partial charge in [0.15, 0.2) is 0 Å². The number of hydrogen-bond acceptors (Lipinski definition) is 3. The number of benzene rings is 1. The molecule has 0 aliphatic carbocycles. The maximum Gasteiger partial charge on any atom is 0.235 e. The van der Waals surface area contributed by atoms with Crippen molar-refractivity contribution in [3.8, 4) is 0 Å². The second-order valence-corrected chi connectivity index (χ2v) is 6.93. The first-order valence-corrected chi connectivity index (χ1v) is 7.94. The highest BCUT2D eigenvalue weighted by molar-refractivity contribution is 7.92. The van der Waals surface area contributed by atoms with Crippen molar-refractivity contribution >= 4 is 21.4 Å². The highest BCUT2D eigenvalue weighted by Crippen LogP contribution is 2.35. The summed E-state index contributed by atoms with van der Waals surface area (Å²) in [7, 11) is -3.18. The van der Waals surface area contributed by atoms with E-state index in [2.05, 4.69) is 18.7 Å². The summed E-state index contributed by atoms with van der Waals surface area (Å²) >= 11 is 0. The van der Waals surface area contributed by atoms with Crippen LogP contribution in [-0.4, -0.2) is 33.3 Å². The molecule has 2 rings (SSSR count). The molecule has 1 aliphatic heterocycles. The van der Waals surface area contributed by atoms with Crippen LogP contribution in [0.2, 0.25) is 0 Å². The Morgan fingerprint density at radius 3 is 2.33 bits per heavy atom. The Morgan fingerprint density at radius 2 is 1.78 bits per heavy atom. The van der Waals surface area contributed by atoms with Crippen molar-refractivity contribution in [2.24, 2.45) is 0 Å². The summed E-state index contributed by atoms with van der Waals surface area (Å²) in [4.78, 5) is 2.25. The minimum atomic E-state index is -3.18. The lowest BCUT2D eigenvalue weighted by Crippen LogP contribution is -2.46. The molecule has 1 heterocycles. The predicted molar refractivity (Wildman–Crippen MR) is 75.7 cm³/mol.